The van der Waals surface area contributed by atoms with E-state index >= 15 is 0 Å². The zero-order chi connectivity index (χ0) is 17.8. The zero-order valence-electron chi connectivity index (χ0n) is 13.9. The lowest BCUT2D eigenvalue weighted by molar-refractivity contribution is -0.121. The van der Waals surface area contributed by atoms with Gasteiger partial charge in [-0.3, -0.25) is 14.2 Å². The molecule has 8 heteroatoms. The number of phenols is 1. The number of hydrogen-bond donors (Lipinski definition) is 3. The van der Waals surface area contributed by atoms with E-state index in [0.29, 0.717) is 6.42 Å². The molecule has 24 heavy (non-hydrogen) atoms. The molecule has 0 fully saturated rings. The van der Waals surface area contributed by atoms with Gasteiger partial charge in [-0.15, -0.1) is 0 Å². The lowest BCUT2D eigenvalue weighted by Crippen LogP contribution is -2.26. The Bertz CT molecular complexity index is 534. The van der Waals surface area contributed by atoms with Gasteiger partial charge in [0.05, 0.1) is 6.61 Å². The summed E-state index contributed by atoms with van der Waals surface area (Å²) in [6.45, 7) is 2.14. The summed E-state index contributed by atoms with van der Waals surface area (Å²) in [4.78, 5) is 21.1. The van der Waals surface area contributed by atoms with Crippen LogP contribution in [0.25, 0.3) is 0 Å². The number of amides is 1. The molecule has 0 aliphatic rings. The standard InChI is InChI=1S/C16H26NO6P/c1-2-3-4-5-6-7-16(19)17-12-13-22-24(20,21)23-15-10-8-14(18)9-11-15/h8-11,18H,2-7,12-13H2,1H3,(H,17,19)(H,20,21). The topological polar surface area (TPSA) is 105 Å². The van der Waals surface area contributed by atoms with E-state index in [1.54, 1.807) is 0 Å². The van der Waals surface area contributed by atoms with Crippen LogP contribution in [-0.4, -0.2) is 29.1 Å². The van der Waals surface area contributed by atoms with Gasteiger partial charge in [0.15, 0.2) is 0 Å². The smallest absolute Gasteiger partial charge is 0.508 e. The number of rotatable bonds is 12. The minimum atomic E-state index is -4.26. The van der Waals surface area contributed by atoms with E-state index in [9.17, 15) is 14.3 Å². The van der Waals surface area contributed by atoms with E-state index < -0.39 is 7.82 Å². The van der Waals surface area contributed by atoms with Crippen LogP contribution in [0.15, 0.2) is 24.3 Å². The van der Waals surface area contributed by atoms with Gasteiger partial charge in [-0.1, -0.05) is 32.6 Å². The number of phosphoric acid groups is 1. The lowest BCUT2D eigenvalue weighted by atomic mass is 10.1. The van der Waals surface area contributed by atoms with Gasteiger partial charge in [-0.2, -0.15) is 0 Å². The fourth-order valence-corrected chi connectivity index (χ4v) is 2.76. The molecule has 0 heterocycles. The maximum atomic E-state index is 11.7. The van der Waals surface area contributed by atoms with Gasteiger partial charge >= 0.3 is 7.82 Å². The monoisotopic (exact) mass is 359 g/mol. The molecular formula is C16H26NO6P. The number of hydrogen-bond acceptors (Lipinski definition) is 5. The van der Waals surface area contributed by atoms with Crippen molar-refractivity contribution in [2.75, 3.05) is 13.2 Å². The number of carbonyl (C=O) groups is 1. The third kappa shape index (κ3) is 9.55. The molecule has 1 aromatic rings. The average Bonchev–Trinajstić information content (AvgIpc) is 2.53. The van der Waals surface area contributed by atoms with E-state index in [2.05, 4.69) is 12.2 Å². The largest absolute Gasteiger partial charge is 0.527 e. The second kappa shape index (κ2) is 11.1. The van der Waals surface area contributed by atoms with Crippen LogP contribution < -0.4 is 9.84 Å². The SMILES string of the molecule is CCCCCCCC(=O)NCCOP(=O)(O)Oc1ccc(O)cc1. The first-order chi connectivity index (χ1) is 11.4. The fraction of sp³-hybridized carbons (Fsp3) is 0.562. The first-order valence-electron chi connectivity index (χ1n) is 8.15. The van der Waals surface area contributed by atoms with Gasteiger partial charge in [0, 0.05) is 13.0 Å². The summed E-state index contributed by atoms with van der Waals surface area (Å²) in [6.07, 6.45) is 5.80. The number of phosphoric ester groups is 1. The molecule has 7 nitrogen and oxygen atoms in total. The summed E-state index contributed by atoms with van der Waals surface area (Å²) >= 11 is 0. The molecule has 0 saturated heterocycles. The van der Waals surface area contributed by atoms with Crippen molar-refractivity contribution in [2.24, 2.45) is 0 Å². The molecule has 0 bridgehead atoms. The van der Waals surface area contributed by atoms with Crippen molar-refractivity contribution >= 4 is 13.7 Å². The second-order valence-corrected chi connectivity index (χ2v) is 6.78. The highest BCUT2D eigenvalue weighted by atomic mass is 31.2. The number of nitrogens with one attached hydrogen (secondary N) is 1. The van der Waals surface area contributed by atoms with Gasteiger partial charge in [0.25, 0.3) is 0 Å². The van der Waals surface area contributed by atoms with Crippen LogP contribution in [0.4, 0.5) is 0 Å². The summed E-state index contributed by atoms with van der Waals surface area (Å²) in [5.74, 6) is 0.0329. The van der Waals surface area contributed by atoms with Crippen LogP contribution in [-0.2, 0) is 13.9 Å². The molecule has 0 aliphatic heterocycles. The van der Waals surface area contributed by atoms with Crippen LogP contribution in [0.2, 0.25) is 0 Å². The van der Waals surface area contributed by atoms with E-state index in [1.165, 1.54) is 30.7 Å². The molecule has 1 aromatic carbocycles. The van der Waals surface area contributed by atoms with Gasteiger partial charge in [-0.25, -0.2) is 4.57 Å². The van der Waals surface area contributed by atoms with Crippen molar-refractivity contribution in [2.45, 2.75) is 45.4 Å². The summed E-state index contributed by atoms with van der Waals surface area (Å²) in [7, 11) is -4.26. The summed E-state index contributed by atoms with van der Waals surface area (Å²) < 4.78 is 21.3. The molecule has 136 valence electrons. The molecule has 1 amide bonds. The Kier molecular flexibility index (Phi) is 9.45. The summed E-state index contributed by atoms with van der Waals surface area (Å²) in [5, 5.41) is 11.8. The number of benzene rings is 1. The van der Waals surface area contributed by atoms with Crippen LogP contribution in [0.1, 0.15) is 45.4 Å². The third-order valence-electron chi connectivity index (χ3n) is 3.24. The van der Waals surface area contributed by atoms with E-state index in [4.69, 9.17) is 14.2 Å². The maximum absolute atomic E-state index is 11.7. The maximum Gasteiger partial charge on any atom is 0.527 e. The Morgan fingerprint density at radius 2 is 1.83 bits per heavy atom. The molecule has 0 spiro atoms. The highest BCUT2D eigenvalue weighted by Crippen LogP contribution is 2.43. The quantitative estimate of drug-likeness (QED) is 0.390. The Labute approximate surface area is 142 Å². The molecule has 0 radical (unpaired) electrons. The number of aromatic hydroxyl groups is 1. The molecule has 0 saturated carbocycles. The molecule has 0 aliphatic carbocycles. The molecule has 3 N–H and O–H groups in total. The van der Waals surface area contributed by atoms with Crippen molar-refractivity contribution in [3.8, 4) is 11.5 Å². The van der Waals surface area contributed by atoms with Crippen LogP contribution >= 0.6 is 7.82 Å². The van der Waals surface area contributed by atoms with E-state index in [1.807, 2.05) is 0 Å². The van der Waals surface area contributed by atoms with Gasteiger partial charge in [0.1, 0.15) is 11.5 Å². The molecule has 1 atom stereocenters. The Morgan fingerprint density at radius 1 is 1.17 bits per heavy atom. The van der Waals surface area contributed by atoms with E-state index in [-0.39, 0.29) is 30.6 Å². The molecular weight excluding hydrogens is 333 g/mol. The van der Waals surface area contributed by atoms with Crippen LogP contribution in [0.3, 0.4) is 0 Å². The molecule has 0 aromatic heterocycles. The summed E-state index contributed by atoms with van der Waals surface area (Å²) in [6, 6.07) is 5.36. The van der Waals surface area contributed by atoms with Crippen molar-refractivity contribution in [1.29, 1.82) is 0 Å². The van der Waals surface area contributed by atoms with Crippen LogP contribution in [0.5, 0.6) is 11.5 Å². The molecule has 1 rings (SSSR count). The fourth-order valence-electron chi connectivity index (χ4n) is 2.00. The number of phenolic OH excluding ortho intramolecular Hbond substituents is 1. The number of unbranched alkanes of at least 4 members (excludes halogenated alkanes) is 4. The van der Waals surface area contributed by atoms with Crippen molar-refractivity contribution in [1.82, 2.24) is 5.32 Å². The third-order valence-corrected chi connectivity index (χ3v) is 4.19. The minimum Gasteiger partial charge on any atom is -0.508 e. The predicted molar refractivity (Wildman–Crippen MR) is 90.9 cm³/mol. The van der Waals surface area contributed by atoms with Gasteiger partial charge in [-0.05, 0) is 30.7 Å². The highest BCUT2D eigenvalue weighted by molar-refractivity contribution is 7.47. The predicted octanol–water partition coefficient (Wildman–Crippen LogP) is 3.36. The number of carbonyl (C=O) groups excluding carboxylic acids is 1. The first-order valence-corrected chi connectivity index (χ1v) is 9.65. The normalized spacial score (nSPS) is 13.2. The first kappa shape index (κ1) is 20.5. The lowest BCUT2D eigenvalue weighted by Gasteiger charge is -2.13. The average molecular weight is 359 g/mol. The Morgan fingerprint density at radius 3 is 2.50 bits per heavy atom. The highest BCUT2D eigenvalue weighted by Gasteiger charge is 2.22. The summed E-state index contributed by atoms with van der Waals surface area (Å²) in [5.41, 5.74) is 0. The van der Waals surface area contributed by atoms with Crippen molar-refractivity contribution < 1.29 is 28.4 Å². The van der Waals surface area contributed by atoms with Crippen LogP contribution in [0, 0.1) is 0 Å². The molecule has 1 unspecified atom stereocenters. The second-order valence-electron chi connectivity index (χ2n) is 5.40. The minimum absolute atomic E-state index is 0.0217. The Hall–Kier alpha value is -1.56. The van der Waals surface area contributed by atoms with E-state index in [0.717, 1.165) is 25.7 Å². The zero-order valence-corrected chi connectivity index (χ0v) is 14.8. The van der Waals surface area contributed by atoms with Gasteiger partial charge in [0.2, 0.25) is 5.91 Å². The van der Waals surface area contributed by atoms with Crippen molar-refractivity contribution in [3.63, 3.8) is 0 Å². The Balaban J connectivity index is 2.15. The van der Waals surface area contributed by atoms with Gasteiger partial charge < -0.3 is 14.9 Å². The van der Waals surface area contributed by atoms with Crippen molar-refractivity contribution in [3.05, 3.63) is 24.3 Å².